The normalized spacial score (nSPS) is 13.4. The van der Waals surface area contributed by atoms with Crippen LogP contribution in [0.15, 0.2) is 77.1 Å². The maximum Gasteiger partial charge on any atom is 0.120 e. The van der Waals surface area contributed by atoms with Crippen molar-refractivity contribution in [3.05, 3.63) is 99.3 Å². The van der Waals surface area contributed by atoms with E-state index in [1.807, 2.05) is 29.5 Å². The summed E-state index contributed by atoms with van der Waals surface area (Å²) in [6, 6.07) is 18.8. The van der Waals surface area contributed by atoms with Gasteiger partial charge >= 0.3 is 0 Å². The van der Waals surface area contributed by atoms with Gasteiger partial charge in [-0.05, 0) is 65.8 Å². The van der Waals surface area contributed by atoms with Gasteiger partial charge < -0.3 is 4.74 Å². The molecule has 0 spiro atoms. The Labute approximate surface area is 164 Å². The third kappa shape index (κ3) is 4.37. The first-order valence-corrected chi connectivity index (χ1v) is 10.2. The lowest BCUT2D eigenvalue weighted by atomic mass is 9.97. The Morgan fingerprint density at radius 3 is 2.81 bits per heavy atom. The van der Waals surface area contributed by atoms with Crippen LogP contribution < -0.4 is 4.74 Å². The fraction of sp³-hybridized carbons (Fsp3) is 0.208. The van der Waals surface area contributed by atoms with Crippen LogP contribution in [0.1, 0.15) is 27.1 Å². The summed E-state index contributed by atoms with van der Waals surface area (Å²) in [6.45, 7) is 3.61. The molecule has 136 valence electrons. The average Bonchev–Trinajstić information content (AvgIpc) is 3.12. The largest absolute Gasteiger partial charge is 0.489 e. The second kappa shape index (κ2) is 8.36. The van der Waals surface area contributed by atoms with Gasteiger partial charge in [0.25, 0.3) is 0 Å². The van der Waals surface area contributed by atoms with Crippen LogP contribution in [-0.4, -0.2) is 12.3 Å². The lowest BCUT2D eigenvalue weighted by Gasteiger charge is -2.16. The maximum absolute atomic E-state index is 5.98. The van der Waals surface area contributed by atoms with Crippen LogP contribution in [-0.2, 0) is 19.4 Å². The van der Waals surface area contributed by atoms with Crippen molar-refractivity contribution in [2.45, 2.75) is 26.4 Å². The van der Waals surface area contributed by atoms with Crippen molar-refractivity contribution in [2.75, 3.05) is 6.54 Å². The molecular weight excluding hydrogens is 350 g/mol. The van der Waals surface area contributed by atoms with Gasteiger partial charge in [-0.15, -0.1) is 11.3 Å². The van der Waals surface area contributed by atoms with Gasteiger partial charge in [0.15, 0.2) is 0 Å². The molecule has 0 N–H and O–H groups in total. The molecule has 1 aliphatic heterocycles. The van der Waals surface area contributed by atoms with Crippen LogP contribution in [0.5, 0.6) is 5.75 Å². The highest BCUT2D eigenvalue weighted by atomic mass is 32.1. The Kier molecular flexibility index (Phi) is 5.50. The first-order valence-electron chi connectivity index (χ1n) is 9.33. The zero-order chi connectivity index (χ0) is 18.5. The number of hydrogen-bond donors (Lipinski definition) is 0. The highest BCUT2D eigenvalue weighted by molar-refractivity contribution is 7.10. The molecule has 3 aromatic rings. The number of ether oxygens (including phenoxy) is 1. The Morgan fingerprint density at radius 2 is 2.00 bits per heavy atom. The Hall–Kier alpha value is -2.65. The van der Waals surface area contributed by atoms with Crippen LogP contribution >= 0.6 is 11.3 Å². The van der Waals surface area contributed by atoms with E-state index in [4.69, 9.17) is 9.73 Å². The van der Waals surface area contributed by atoms with Crippen molar-refractivity contribution in [2.24, 2.45) is 4.99 Å². The molecule has 0 fully saturated rings. The van der Waals surface area contributed by atoms with E-state index in [1.54, 1.807) is 0 Å². The average molecular weight is 374 g/mol. The molecular formula is C24H23NOS. The van der Waals surface area contributed by atoms with Crippen LogP contribution in [0.25, 0.3) is 0 Å². The van der Waals surface area contributed by atoms with E-state index in [0.717, 1.165) is 30.8 Å². The summed E-state index contributed by atoms with van der Waals surface area (Å²) in [7, 11) is 0. The van der Waals surface area contributed by atoms with Gasteiger partial charge in [-0.2, -0.15) is 0 Å². The van der Waals surface area contributed by atoms with Crippen LogP contribution in [0, 0.1) is 6.92 Å². The molecule has 0 saturated carbocycles. The van der Waals surface area contributed by atoms with Crippen molar-refractivity contribution in [3.8, 4) is 5.75 Å². The zero-order valence-corrected chi connectivity index (χ0v) is 16.3. The first kappa shape index (κ1) is 17.7. The monoisotopic (exact) mass is 373 g/mol. The first-order chi connectivity index (χ1) is 13.3. The lowest BCUT2D eigenvalue weighted by Crippen LogP contribution is -2.11. The molecule has 2 heterocycles. The minimum Gasteiger partial charge on any atom is -0.489 e. The standard InChI is InChI=1S/C24H23NOS/c1-18-13-15-27-24(18)9-5-8-23-22-11-10-21(16-20(22)12-14-25-23)26-17-19-6-3-2-4-7-19/h2-8,10-11,13,15-16H,9,12,14,17H2,1H3/b8-5+. The molecule has 1 aliphatic rings. The van der Waals surface area contributed by atoms with Gasteiger partial charge in [0.2, 0.25) is 0 Å². The molecule has 0 radical (unpaired) electrons. The fourth-order valence-electron chi connectivity index (χ4n) is 3.27. The summed E-state index contributed by atoms with van der Waals surface area (Å²) < 4.78 is 5.98. The number of hydrogen-bond acceptors (Lipinski definition) is 3. The van der Waals surface area contributed by atoms with E-state index in [9.17, 15) is 0 Å². The predicted octanol–water partition coefficient (Wildman–Crippen LogP) is 5.78. The maximum atomic E-state index is 5.98. The third-order valence-corrected chi connectivity index (χ3v) is 5.86. The molecule has 0 amide bonds. The molecule has 0 saturated heterocycles. The van der Waals surface area contributed by atoms with Gasteiger partial charge in [0.05, 0.1) is 5.71 Å². The van der Waals surface area contributed by atoms with Crippen molar-refractivity contribution >= 4 is 17.0 Å². The molecule has 2 nitrogen and oxygen atoms in total. The second-order valence-corrected chi connectivity index (χ2v) is 7.74. The summed E-state index contributed by atoms with van der Waals surface area (Å²) in [5.41, 5.74) is 6.19. The SMILES string of the molecule is Cc1ccsc1C/C=C/C1=NCCc2cc(OCc3ccccc3)ccc21. The number of allylic oxidation sites excluding steroid dienone is 2. The number of fused-ring (bicyclic) bond motifs is 1. The van der Waals surface area contributed by atoms with Crippen molar-refractivity contribution < 1.29 is 4.74 Å². The smallest absolute Gasteiger partial charge is 0.120 e. The van der Waals surface area contributed by atoms with Gasteiger partial charge in [-0.3, -0.25) is 4.99 Å². The Morgan fingerprint density at radius 1 is 1.11 bits per heavy atom. The summed E-state index contributed by atoms with van der Waals surface area (Å²) in [5.74, 6) is 0.928. The van der Waals surface area contributed by atoms with Crippen LogP contribution in [0.2, 0.25) is 0 Å². The number of benzene rings is 2. The van der Waals surface area contributed by atoms with Crippen LogP contribution in [0.3, 0.4) is 0 Å². The van der Waals surface area contributed by atoms with E-state index in [-0.39, 0.29) is 0 Å². The van der Waals surface area contributed by atoms with Crippen molar-refractivity contribution in [3.63, 3.8) is 0 Å². The molecule has 3 heteroatoms. The molecule has 4 rings (SSSR count). The van der Waals surface area contributed by atoms with Gasteiger partial charge in [-0.25, -0.2) is 0 Å². The fourth-order valence-corrected chi connectivity index (χ4v) is 4.16. The molecule has 0 aliphatic carbocycles. The molecule has 0 unspecified atom stereocenters. The van der Waals surface area contributed by atoms with Crippen molar-refractivity contribution in [1.82, 2.24) is 0 Å². The number of nitrogens with zero attached hydrogens (tertiary/aromatic N) is 1. The molecule has 0 atom stereocenters. The highest BCUT2D eigenvalue weighted by Gasteiger charge is 2.13. The van der Waals surface area contributed by atoms with E-state index in [0.29, 0.717) is 6.61 Å². The molecule has 27 heavy (non-hydrogen) atoms. The molecule has 1 aromatic heterocycles. The van der Waals surface area contributed by atoms with Gasteiger partial charge in [0, 0.05) is 23.4 Å². The number of aryl methyl sites for hydroxylation is 1. The summed E-state index contributed by atoms with van der Waals surface area (Å²) in [6.07, 6.45) is 6.34. The zero-order valence-electron chi connectivity index (χ0n) is 15.5. The lowest BCUT2D eigenvalue weighted by molar-refractivity contribution is 0.306. The summed E-state index contributed by atoms with van der Waals surface area (Å²) in [4.78, 5) is 6.15. The summed E-state index contributed by atoms with van der Waals surface area (Å²) >= 11 is 1.82. The van der Waals surface area contributed by atoms with Crippen molar-refractivity contribution in [1.29, 1.82) is 0 Å². The third-order valence-electron chi connectivity index (χ3n) is 4.81. The minimum absolute atomic E-state index is 0.598. The molecule has 2 aromatic carbocycles. The van der Waals surface area contributed by atoms with E-state index >= 15 is 0 Å². The van der Waals surface area contributed by atoms with E-state index in [1.165, 1.54) is 27.1 Å². The van der Waals surface area contributed by atoms with Gasteiger partial charge in [0.1, 0.15) is 12.4 Å². The number of aliphatic imine (C=N–C) groups is 1. The minimum atomic E-state index is 0.598. The Bertz CT molecular complexity index is 969. The summed E-state index contributed by atoms with van der Waals surface area (Å²) in [5, 5.41) is 2.16. The van der Waals surface area contributed by atoms with E-state index < -0.39 is 0 Å². The topological polar surface area (TPSA) is 21.6 Å². The molecule has 0 bridgehead atoms. The van der Waals surface area contributed by atoms with Crippen LogP contribution in [0.4, 0.5) is 0 Å². The predicted molar refractivity (Wildman–Crippen MR) is 114 cm³/mol. The van der Waals surface area contributed by atoms with E-state index in [2.05, 4.69) is 60.9 Å². The quantitative estimate of drug-likeness (QED) is 0.537. The number of rotatable bonds is 6. The second-order valence-electron chi connectivity index (χ2n) is 6.74. The Balaban J connectivity index is 1.44. The highest BCUT2D eigenvalue weighted by Crippen LogP contribution is 2.24. The van der Waals surface area contributed by atoms with Gasteiger partial charge in [-0.1, -0.05) is 36.4 Å². The number of thiophene rings is 1.